The average Bonchev–Trinajstić information content (AvgIpc) is 2.12. The van der Waals surface area contributed by atoms with Crippen LogP contribution in [0.5, 0.6) is 0 Å². The largest absolute Gasteiger partial charge is 0.396 e. The number of amides is 2. The predicted molar refractivity (Wildman–Crippen MR) is 52.6 cm³/mol. The van der Waals surface area contributed by atoms with Crippen molar-refractivity contribution in [2.75, 3.05) is 19.7 Å². The molecule has 82 valence electrons. The van der Waals surface area contributed by atoms with Crippen molar-refractivity contribution in [1.29, 1.82) is 0 Å². The third-order valence-corrected chi connectivity index (χ3v) is 1.74. The third kappa shape index (κ3) is 6.42. The number of carbonyl (C=O) groups is 2. The summed E-state index contributed by atoms with van der Waals surface area (Å²) in [5.41, 5.74) is -0.387. The molecule has 0 aliphatic carbocycles. The van der Waals surface area contributed by atoms with Gasteiger partial charge in [-0.15, -0.1) is 0 Å². The molecule has 0 aliphatic rings. The van der Waals surface area contributed by atoms with Gasteiger partial charge in [-0.25, -0.2) is 0 Å². The second-order valence-electron chi connectivity index (χ2n) is 3.92. The summed E-state index contributed by atoms with van der Waals surface area (Å²) in [5, 5.41) is 14.0. The zero-order valence-corrected chi connectivity index (χ0v) is 8.67. The van der Waals surface area contributed by atoms with E-state index in [9.17, 15) is 9.59 Å². The molecule has 0 saturated heterocycles. The van der Waals surface area contributed by atoms with Gasteiger partial charge in [-0.2, -0.15) is 0 Å². The van der Waals surface area contributed by atoms with E-state index in [-0.39, 0.29) is 24.3 Å². The van der Waals surface area contributed by atoms with Crippen molar-refractivity contribution in [3.63, 3.8) is 0 Å². The van der Waals surface area contributed by atoms with E-state index in [1.54, 1.807) is 0 Å². The lowest BCUT2D eigenvalue weighted by molar-refractivity contribution is -0.123. The maximum Gasteiger partial charge on any atom is 0.220 e. The molecule has 14 heavy (non-hydrogen) atoms. The molecule has 0 heterocycles. The third-order valence-electron chi connectivity index (χ3n) is 1.74. The Labute approximate surface area is 83.9 Å². The van der Waals surface area contributed by atoms with Crippen LogP contribution in [0.15, 0.2) is 0 Å². The predicted octanol–water partition coefficient (Wildman–Crippen LogP) is -0.743. The summed E-state index contributed by atoms with van der Waals surface area (Å²) < 4.78 is 0. The second kappa shape index (κ2) is 6.37. The topological polar surface area (TPSA) is 78.4 Å². The van der Waals surface area contributed by atoms with Gasteiger partial charge in [-0.05, 0) is 5.41 Å². The summed E-state index contributed by atoms with van der Waals surface area (Å²) in [6.45, 7) is 4.45. The van der Waals surface area contributed by atoms with Crippen LogP contribution in [-0.2, 0) is 9.59 Å². The number of aliphatic hydroxyl groups excluding tert-OH is 1. The van der Waals surface area contributed by atoms with Crippen LogP contribution in [0.25, 0.3) is 0 Å². The molecule has 0 rings (SSSR count). The second-order valence-corrected chi connectivity index (χ2v) is 3.92. The maximum atomic E-state index is 11.2. The van der Waals surface area contributed by atoms with E-state index in [1.165, 1.54) is 0 Å². The lowest BCUT2D eigenvalue weighted by Crippen LogP contribution is -2.34. The van der Waals surface area contributed by atoms with Gasteiger partial charge in [0, 0.05) is 26.1 Å². The van der Waals surface area contributed by atoms with Crippen LogP contribution in [0.2, 0.25) is 0 Å². The number of hydrogen-bond donors (Lipinski definition) is 3. The molecule has 0 aromatic rings. The molecular formula is C9H18N2O3. The van der Waals surface area contributed by atoms with Gasteiger partial charge in [0.25, 0.3) is 0 Å². The molecule has 0 fully saturated rings. The van der Waals surface area contributed by atoms with E-state index in [4.69, 9.17) is 5.11 Å². The summed E-state index contributed by atoms with van der Waals surface area (Å²) in [5.74, 6) is -0.114. The fourth-order valence-electron chi connectivity index (χ4n) is 0.886. The molecule has 0 saturated carbocycles. The smallest absolute Gasteiger partial charge is 0.220 e. The fourth-order valence-corrected chi connectivity index (χ4v) is 0.886. The number of rotatable bonds is 7. The van der Waals surface area contributed by atoms with Crippen LogP contribution in [-0.4, -0.2) is 37.1 Å². The first-order chi connectivity index (χ1) is 6.52. The Bertz CT molecular complexity index is 192. The van der Waals surface area contributed by atoms with Crippen LogP contribution >= 0.6 is 0 Å². The summed E-state index contributed by atoms with van der Waals surface area (Å²) in [4.78, 5) is 21.1. The molecule has 5 heteroatoms. The van der Waals surface area contributed by atoms with E-state index < -0.39 is 0 Å². The minimum absolute atomic E-state index is 0.0208. The van der Waals surface area contributed by atoms with Crippen molar-refractivity contribution < 1.29 is 14.7 Å². The standard InChI is InChI=1S/C9H18N2O3/c1-9(2,6-12)5-8(14)11-4-3-10-7-13/h7,12H,3-6H2,1-2H3,(H,10,13)(H,11,14). The number of nitrogens with one attached hydrogen (secondary N) is 2. The number of hydrogen-bond acceptors (Lipinski definition) is 3. The average molecular weight is 202 g/mol. The molecule has 0 aromatic carbocycles. The highest BCUT2D eigenvalue weighted by molar-refractivity contribution is 5.76. The SMILES string of the molecule is CC(C)(CO)CC(=O)NCCNC=O. The van der Waals surface area contributed by atoms with Crippen molar-refractivity contribution in [2.24, 2.45) is 5.41 Å². The van der Waals surface area contributed by atoms with Crippen molar-refractivity contribution >= 4 is 12.3 Å². The van der Waals surface area contributed by atoms with Crippen molar-refractivity contribution in [1.82, 2.24) is 10.6 Å². The Morgan fingerprint density at radius 2 is 2.07 bits per heavy atom. The molecule has 3 N–H and O–H groups in total. The van der Waals surface area contributed by atoms with Gasteiger partial charge >= 0.3 is 0 Å². The number of carbonyl (C=O) groups excluding carboxylic acids is 2. The molecule has 0 bridgehead atoms. The lowest BCUT2D eigenvalue weighted by atomic mass is 9.90. The minimum Gasteiger partial charge on any atom is -0.396 e. The Morgan fingerprint density at radius 1 is 1.43 bits per heavy atom. The zero-order valence-electron chi connectivity index (χ0n) is 8.67. The zero-order chi connectivity index (χ0) is 11.0. The highest BCUT2D eigenvalue weighted by Crippen LogP contribution is 2.18. The van der Waals surface area contributed by atoms with Crippen LogP contribution < -0.4 is 10.6 Å². The molecule has 0 aromatic heterocycles. The van der Waals surface area contributed by atoms with Crippen molar-refractivity contribution in [3.05, 3.63) is 0 Å². The Morgan fingerprint density at radius 3 is 2.57 bits per heavy atom. The van der Waals surface area contributed by atoms with E-state index in [0.717, 1.165) is 0 Å². The van der Waals surface area contributed by atoms with Crippen LogP contribution in [0.4, 0.5) is 0 Å². The first-order valence-corrected chi connectivity index (χ1v) is 4.56. The van der Waals surface area contributed by atoms with Gasteiger partial charge < -0.3 is 15.7 Å². The van der Waals surface area contributed by atoms with Crippen LogP contribution in [0, 0.1) is 5.41 Å². The van der Waals surface area contributed by atoms with Crippen molar-refractivity contribution in [3.8, 4) is 0 Å². The molecule has 5 nitrogen and oxygen atoms in total. The van der Waals surface area contributed by atoms with Gasteiger partial charge in [0.1, 0.15) is 0 Å². The molecule has 2 amide bonds. The highest BCUT2D eigenvalue weighted by atomic mass is 16.3. The van der Waals surface area contributed by atoms with E-state index >= 15 is 0 Å². The summed E-state index contributed by atoms with van der Waals surface area (Å²) in [7, 11) is 0. The van der Waals surface area contributed by atoms with E-state index in [0.29, 0.717) is 19.5 Å². The maximum absolute atomic E-state index is 11.2. The lowest BCUT2D eigenvalue weighted by Gasteiger charge is -2.20. The van der Waals surface area contributed by atoms with Gasteiger partial charge in [0.05, 0.1) is 0 Å². The van der Waals surface area contributed by atoms with Crippen molar-refractivity contribution in [2.45, 2.75) is 20.3 Å². The molecule has 0 unspecified atom stereocenters. The molecule has 0 aliphatic heterocycles. The van der Waals surface area contributed by atoms with Gasteiger partial charge in [0.15, 0.2) is 0 Å². The normalized spacial score (nSPS) is 10.8. The first-order valence-electron chi connectivity index (χ1n) is 4.56. The summed E-state index contributed by atoms with van der Waals surface area (Å²) in [6.07, 6.45) is 0.869. The minimum atomic E-state index is -0.387. The van der Waals surface area contributed by atoms with E-state index in [2.05, 4.69) is 10.6 Å². The molecule has 0 spiro atoms. The monoisotopic (exact) mass is 202 g/mol. The Balaban J connectivity index is 3.60. The highest BCUT2D eigenvalue weighted by Gasteiger charge is 2.20. The molecular weight excluding hydrogens is 184 g/mol. The number of aliphatic hydroxyl groups is 1. The van der Waals surface area contributed by atoms with Crippen LogP contribution in [0.3, 0.4) is 0 Å². The van der Waals surface area contributed by atoms with Crippen LogP contribution in [0.1, 0.15) is 20.3 Å². The Kier molecular flexibility index (Phi) is 5.87. The van der Waals surface area contributed by atoms with E-state index in [1.807, 2.05) is 13.8 Å². The van der Waals surface area contributed by atoms with Gasteiger partial charge in [-0.1, -0.05) is 13.8 Å². The summed E-state index contributed by atoms with van der Waals surface area (Å²) >= 11 is 0. The first kappa shape index (κ1) is 12.9. The van der Waals surface area contributed by atoms with Gasteiger partial charge in [0.2, 0.25) is 12.3 Å². The molecule has 0 radical (unpaired) electrons. The van der Waals surface area contributed by atoms with Gasteiger partial charge in [-0.3, -0.25) is 9.59 Å². The molecule has 0 atom stereocenters. The summed E-state index contributed by atoms with van der Waals surface area (Å²) in [6, 6.07) is 0. The Hall–Kier alpha value is -1.10. The fraction of sp³-hybridized carbons (Fsp3) is 0.778. The quantitative estimate of drug-likeness (QED) is 0.376.